The molecule has 3 aliphatic rings. The summed E-state index contributed by atoms with van der Waals surface area (Å²) in [6.45, 7) is 5.56. The number of carboxylic acid groups (broad SMARTS) is 1. The smallest absolute Gasteiger partial charge is 0.307 e. The molecule has 1 amide bonds. The standard InChI is InChI=1S/C18H22N2O4/c1-18(2)14(15(18)17(23)24)16(22)19-7-10-6-11(9-19)12-4-3-5-13(21)20(12)8-10/h3-5,10-11,14-15H,6-9H2,1-2H3,(H,23,24)/t10-,11-,14-,15-/m0/s1. The van der Waals surface area contributed by atoms with E-state index >= 15 is 0 Å². The number of nitrogens with zero attached hydrogens (tertiary/aromatic N) is 2. The van der Waals surface area contributed by atoms with Gasteiger partial charge >= 0.3 is 5.97 Å². The van der Waals surface area contributed by atoms with Crippen LogP contribution in [0.4, 0.5) is 0 Å². The number of carbonyl (C=O) groups excluding carboxylic acids is 1. The zero-order valence-electron chi connectivity index (χ0n) is 13.9. The van der Waals surface area contributed by atoms with Gasteiger partial charge in [0.25, 0.3) is 5.56 Å². The third-order valence-corrected chi connectivity index (χ3v) is 6.15. The fraction of sp³-hybridized carbons (Fsp3) is 0.611. The molecule has 0 aromatic carbocycles. The average molecular weight is 330 g/mol. The summed E-state index contributed by atoms with van der Waals surface area (Å²) < 4.78 is 1.84. The second-order valence-electron chi connectivity index (χ2n) is 8.06. The van der Waals surface area contributed by atoms with Crippen molar-refractivity contribution < 1.29 is 14.7 Å². The van der Waals surface area contributed by atoms with Crippen LogP contribution in [0, 0.1) is 23.2 Å². The molecule has 1 saturated heterocycles. The lowest BCUT2D eigenvalue weighted by molar-refractivity contribution is -0.142. The third-order valence-electron chi connectivity index (χ3n) is 6.15. The van der Waals surface area contributed by atoms with Gasteiger partial charge in [0, 0.05) is 37.3 Å². The van der Waals surface area contributed by atoms with Crippen LogP contribution in [-0.4, -0.2) is 39.5 Å². The number of carbonyl (C=O) groups is 2. The van der Waals surface area contributed by atoms with Crippen molar-refractivity contribution in [2.24, 2.45) is 23.2 Å². The molecule has 1 N–H and O–H groups in total. The summed E-state index contributed by atoms with van der Waals surface area (Å²) in [7, 11) is 0. The van der Waals surface area contributed by atoms with Gasteiger partial charge in [-0.3, -0.25) is 14.4 Å². The monoisotopic (exact) mass is 330 g/mol. The Morgan fingerprint density at radius 1 is 1.17 bits per heavy atom. The summed E-state index contributed by atoms with van der Waals surface area (Å²) in [5, 5.41) is 9.32. The molecule has 6 nitrogen and oxygen atoms in total. The molecule has 3 heterocycles. The van der Waals surface area contributed by atoms with Crippen LogP contribution < -0.4 is 5.56 Å². The Bertz CT molecular complexity index is 781. The Hall–Kier alpha value is -2.11. The molecule has 4 atom stereocenters. The first-order chi connectivity index (χ1) is 11.3. The van der Waals surface area contributed by atoms with Crippen LogP contribution in [0.2, 0.25) is 0 Å². The summed E-state index contributed by atoms with van der Waals surface area (Å²) in [6.07, 6.45) is 0.990. The highest BCUT2D eigenvalue weighted by Crippen LogP contribution is 2.59. The van der Waals surface area contributed by atoms with E-state index in [1.54, 1.807) is 12.1 Å². The van der Waals surface area contributed by atoms with Gasteiger partial charge in [0.05, 0.1) is 11.8 Å². The number of hydrogen-bond acceptors (Lipinski definition) is 3. The van der Waals surface area contributed by atoms with Crippen molar-refractivity contribution >= 4 is 11.9 Å². The maximum absolute atomic E-state index is 12.9. The molecule has 1 aromatic heterocycles. The lowest BCUT2D eigenvalue weighted by Crippen LogP contribution is -2.49. The highest BCUT2D eigenvalue weighted by atomic mass is 16.4. The highest BCUT2D eigenvalue weighted by Gasteiger charge is 2.66. The number of rotatable bonds is 2. The summed E-state index contributed by atoms with van der Waals surface area (Å²) >= 11 is 0. The molecular formula is C18H22N2O4. The van der Waals surface area contributed by atoms with Gasteiger partial charge in [-0.05, 0) is 23.8 Å². The van der Waals surface area contributed by atoms with Crippen molar-refractivity contribution in [2.75, 3.05) is 13.1 Å². The number of carboxylic acids is 1. The molecule has 0 unspecified atom stereocenters. The van der Waals surface area contributed by atoms with E-state index in [0.29, 0.717) is 19.6 Å². The van der Waals surface area contributed by atoms with Crippen LogP contribution in [-0.2, 0) is 16.1 Å². The largest absolute Gasteiger partial charge is 0.481 e. The van der Waals surface area contributed by atoms with Crippen molar-refractivity contribution in [1.82, 2.24) is 9.47 Å². The van der Waals surface area contributed by atoms with Crippen LogP contribution in [0.15, 0.2) is 23.0 Å². The molecule has 24 heavy (non-hydrogen) atoms. The normalized spacial score (nSPS) is 32.8. The minimum Gasteiger partial charge on any atom is -0.481 e. The van der Waals surface area contributed by atoms with Gasteiger partial charge in [0.15, 0.2) is 0 Å². The van der Waals surface area contributed by atoms with E-state index in [4.69, 9.17) is 0 Å². The Morgan fingerprint density at radius 3 is 2.58 bits per heavy atom. The van der Waals surface area contributed by atoms with Gasteiger partial charge in [-0.25, -0.2) is 0 Å². The minimum atomic E-state index is -0.882. The van der Waals surface area contributed by atoms with Crippen molar-refractivity contribution in [3.8, 4) is 0 Å². The molecule has 0 radical (unpaired) electrons. The van der Waals surface area contributed by atoms with Crippen molar-refractivity contribution in [3.63, 3.8) is 0 Å². The maximum atomic E-state index is 12.9. The molecule has 2 aliphatic heterocycles. The predicted molar refractivity (Wildman–Crippen MR) is 86.5 cm³/mol. The first-order valence-electron chi connectivity index (χ1n) is 8.52. The molecule has 1 aliphatic carbocycles. The van der Waals surface area contributed by atoms with Crippen LogP contribution in [0.3, 0.4) is 0 Å². The summed E-state index contributed by atoms with van der Waals surface area (Å²) in [5.41, 5.74) is 0.557. The SMILES string of the molecule is CC1(C)[C@H](C(=O)O)[C@H]1C(=O)N1C[C@@H]2C[C@@H](C1)c1cccc(=O)n1C2. The van der Waals surface area contributed by atoms with Gasteiger partial charge in [-0.2, -0.15) is 0 Å². The molecule has 4 rings (SSSR count). The molecule has 2 bridgehead atoms. The average Bonchev–Trinajstić information content (AvgIpc) is 3.10. The van der Waals surface area contributed by atoms with Gasteiger partial charge in [0.1, 0.15) is 0 Å². The molecular weight excluding hydrogens is 308 g/mol. The number of amides is 1. The Balaban J connectivity index is 1.58. The van der Waals surface area contributed by atoms with Crippen molar-refractivity contribution in [1.29, 1.82) is 0 Å². The number of pyridine rings is 1. The lowest BCUT2D eigenvalue weighted by atomic mass is 9.83. The van der Waals surface area contributed by atoms with Crippen LogP contribution >= 0.6 is 0 Å². The first-order valence-corrected chi connectivity index (χ1v) is 8.52. The van der Waals surface area contributed by atoms with E-state index in [-0.39, 0.29) is 23.3 Å². The van der Waals surface area contributed by atoms with Gasteiger partial charge < -0.3 is 14.6 Å². The van der Waals surface area contributed by atoms with E-state index in [0.717, 1.165) is 12.1 Å². The highest BCUT2D eigenvalue weighted by molar-refractivity contribution is 5.91. The fourth-order valence-electron chi connectivity index (χ4n) is 4.83. The second-order valence-corrected chi connectivity index (χ2v) is 8.06. The summed E-state index contributed by atoms with van der Waals surface area (Å²) in [4.78, 5) is 38.1. The quantitative estimate of drug-likeness (QED) is 0.882. The topological polar surface area (TPSA) is 79.6 Å². The molecule has 6 heteroatoms. The summed E-state index contributed by atoms with van der Waals surface area (Å²) in [6, 6.07) is 5.33. The van der Waals surface area contributed by atoms with E-state index in [2.05, 4.69) is 0 Å². The molecule has 0 spiro atoms. The van der Waals surface area contributed by atoms with Crippen molar-refractivity contribution in [2.45, 2.75) is 32.7 Å². The van der Waals surface area contributed by atoms with E-state index in [1.165, 1.54) is 0 Å². The Labute approximate surface area is 140 Å². The number of aliphatic carboxylic acids is 1. The number of hydrogen-bond donors (Lipinski definition) is 1. The van der Waals surface area contributed by atoms with Crippen molar-refractivity contribution in [3.05, 3.63) is 34.2 Å². The van der Waals surface area contributed by atoms with Gasteiger partial charge in [0.2, 0.25) is 5.91 Å². The van der Waals surface area contributed by atoms with Crippen LogP contribution in [0.1, 0.15) is 31.9 Å². The molecule has 1 saturated carbocycles. The third kappa shape index (κ3) is 2.12. The van der Waals surface area contributed by atoms with E-state index in [9.17, 15) is 19.5 Å². The Kier molecular flexibility index (Phi) is 3.18. The second kappa shape index (κ2) is 4.94. The zero-order valence-corrected chi connectivity index (χ0v) is 13.9. The maximum Gasteiger partial charge on any atom is 0.307 e. The number of piperidine rings is 1. The zero-order chi connectivity index (χ0) is 17.2. The van der Waals surface area contributed by atoms with Crippen LogP contribution in [0.5, 0.6) is 0 Å². The number of likely N-dealkylation sites (tertiary alicyclic amines) is 1. The first kappa shape index (κ1) is 15.4. The van der Waals surface area contributed by atoms with Gasteiger partial charge in [-0.1, -0.05) is 19.9 Å². The molecule has 2 fully saturated rings. The van der Waals surface area contributed by atoms with E-state index < -0.39 is 23.2 Å². The summed E-state index contributed by atoms with van der Waals surface area (Å²) in [5.74, 6) is -1.49. The minimum absolute atomic E-state index is 0.0243. The Morgan fingerprint density at radius 2 is 1.92 bits per heavy atom. The van der Waals surface area contributed by atoms with E-state index in [1.807, 2.05) is 29.4 Å². The number of fused-ring (bicyclic) bond motifs is 4. The molecule has 128 valence electrons. The number of aromatic nitrogens is 1. The van der Waals surface area contributed by atoms with Crippen LogP contribution in [0.25, 0.3) is 0 Å². The van der Waals surface area contributed by atoms with Gasteiger partial charge in [-0.15, -0.1) is 0 Å². The lowest BCUT2D eigenvalue weighted by Gasteiger charge is -2.43. The predicted octanol–water partition coefficient (Wildman–Crippen LogP) is 1.15. The molecule has 1 aromatic rings. The fourth-order valence-corrected chi connectivity index (χ4v) is 4.83.